The van der Waals surface area contributed by atoms with Gasteiger partial charge in [0.2, 0.25) is 5.65 Å². The van der Waals surface area contributed by atoms with Gasteiger partial charge in [-0.05, 0) is 0 Å². The lowest BCUT2D eigenvalue weighted by Crippen LogP contribution is -1.93. The average Bonchev–Trinajstić information content (AvgIpc) is 2.49. The molecule has 0 amide bonds. The van der Waals surface area contributed by atoms with Gasteiger partial charge in [-0.15, -0.1) is 0 Å². The number of fused-ring (bicyclic) bond motifs is 1. The van der Waals surface area contributed by atoms with Crippen molar-refractivity contribution in [2.24, 2.45) is 0 Å². The van der Waals surface area contributed by atoms with E-state index in [0.29, 0.717) is 11.2 Å². The molecule has 2 aromatic rings. The summed E-state index contributed by atoms with van der Waals surface area (Å²) in [6.45, 7) is 0. The van der Waals surface area contributed by atoms with Crippen molar-refractivity contribution < 1.29 is 0 Å². The van der Waals surface area contributed by atoms with Crippen LogP contribution in [0, 0.1) is 5.39 Å². The molecular formula is C5H4N7+. The maximum Gasteiger partial charge on any atom is 0.318 e. The minimum absolute atomic E-state index is 0.266. The van der Waals surface area contributed by atoms with Gasteiger partial charge in [0.25, 0.3) is 5.39 Å². The summed E-state index contributed by atoms with van der Waals surface area (Å²) < 4.78 is 1.10. The van der Waals surface area contributed by atoms with Gasteiger partial charge in [-0.2, -0.15) is 0 Å². The molecule has 7 heteroatoms. The zero-order chi connectivity index (χ0) is 8.55. The number of hydrogen-bond acceptors (Lipinski definition) is 5. The van der Waals surface area contributed by atoms with Crippen LogP contribution in [-0.4, -0.2) is 19.6 Å². The molecule has 58 valence electrons. The van der Waals surface area contributed by atoms with Crippen LogP contribution in [0.15, 0.2) is 12.7 Å². The van der Waals surface area contributed by atoms with Crippen molar-refractivity contribution >= 4 is 17.0 Å². The maximum absolute atomic E-state index is 8.46. The predicted octanol–water partition coefficient (Wildman–Crippen LogP) is 0.0247. The second-order valence-electron chi connectivity index (χ2n) is 2.11. The Bertz CT molecular complexity index is 464. The summed E-state index contributed by atoms with van der Waals surface area (Å²) in [5.74, 6) is 0.266. The Kier molecular flexibility index (Phi) is 1.15. The second-order valence-corrected chi connectivity index (χ2v) is 2.11. The van der Waals surface area contributed by atoms with Crippen molar-refractivity contribution in [3.05, 3.63) is 17.7 Å². The van der Waals surface area contributed by atoms with Gasteiger partial charge in [-0.3, -0.25) is 0 Å². The molecule has 0 unspecified atom stereocenters. The third kappa shape index (κ3) is 0.687. The minimum Gasteiger partial charge on any atom is -0.382 e. The first-order chi connectivity index (χ1) is 5.83. The first-order valence-electron chi connectivity index (χ1n) is 3.12. The van der Waals surface area contributed by atoms with Crippen LogP contribution >= 0.6 is 0 Å². The molecule has 2 rings (SSSR count). The van der Waals surface area contributed by atoms with Crippen LogP contribution in [0.2, 0.25) is 0 Å². The van der Waals surface area contributed by atoms with Crippen molar-refractivity contribution in [2.45, 2.75) is 0 Å². The Balaban J connectivity index is 2.91. The molecule has 0 fully saturated rings. The summed E-state index contributed by atoms with van der Waals surface area (Å²) in [5.41, 5.74) is 6.28. The number of nitrogen functional groups attached to an aromatic ring is 1. The Morgan fingerprint density at radius 3 is 3.00 bits per heavy atom. The number of imidazole rings is 1. The molecule has 0 atom stereocenters. The Morgan fingerprint density at radius 2 is 2.25 bits per heavy atom. The number of anilines is 1. The van der Waals surface area contributed by atoms with E-state index in [2.05, 4.69) is 20.0 Å². The lowest BCUT2D eigenvalue weighted by molar-refractivity contribution is 1.02. The monoisotopic (exact) mass is 162 g/mol. The van der Waals surface area contributed by atoms with Crippen molar-refractivity contribution in [1.82, 2.24) is 19.6 Å². The van der Waals surface area contributed by atoms with Crippen molar-refractivity contribution in [1.29, 1.82) is 5.39 Å². The summed E-state index contributed by atoms with van der Waals surface area (Å²) in [6, 6.07) is 0. The van der Waals surface area contributed by atoms with E-state index in [-0.39, 0.29) is 5.82 Å². The first kappa shape index (κ1) is 6.48. The maximum atomic E-state index is 8.46. The van der Waals surface area contributed by atoms with E-state index in [1.807, 2.05) is 0 Å². The lowest BCUT2D eigenvalue weighted by atomic mass is 10.5. The van der Waals surface area contributed by atoms with Crippen LogP contribution in [0.5, 0.6) is 0 Å². The molecule has 2 heterocycles. The number of nitrogens with zero attached hydrogens (tertiary/aromatic N) is 6. The van der Waals surface area contributed by atoms with Crippen molar-refractivity contribution in [3.8, 4) is 0 Å². The van der Waals surface area contributed by atoms with Gasteiger partial charge in [0.05, 0.1) is 4.68 Å². The summed E-state index contributed by atoms with van der Waals surface area (Å²) in [4.78, 5) is 11.4. The zero-order valence-corrected chi connectivity index (χ0v) is 5.92. The average molecular weight is 162 g/mol. The molecular weight excluding hydrogens is 158 g/mol. The zero-order valence-electron chi connectivity index (χ0n) is 5.92. The largest absolute Gasteiger partial charge is 0.382 e. The van der Waals surface area contributed by atoms with E-state index < -0.39 is 0 Å². The Labute approximate surface area is 66.5 Å². The van der Waals surface area contributed by atoms with Crippen LogP contribution in [0.3, 0.4) is 0 Å². The summed E-state index contributed by atoms with van der Waals surface area (Å²) in [7, 11) is 0. The smallest absolute Gasteiger partial charge is 0.318 e. The summed E-state index contributed by atoms with van der Waals surface area (Å²) in [5, 5.41) is 11.4. The van der Waals surface area contributed by atoms with E-state index in [1.165, 1.54) is 12.7 Å². The fourth-order valence-corrected chi connectivity index (χ4v) is 0.907. The highest BCUT2D eigenvalue weighted by molar-refractivity contribution is 5.81. The Morgan fingerprint density at radius 1 is 1.42 bits per heavy atom. The number of aromatic nitrogens is 4. The number of hydrogen-bond donors (Lipinski definition) is 1. The third-order valence-electron chi connectivity index (χ3n) is 1.44. The number of nitrogens with two attached hydrogens (primary N) is 1. The molecule has 0 aliphatic rings. The van der Waals surface area contributed by atoms with Crippen LogP contribution in [0.4, 0.5) is 5.82 Å². The van der Waals surface area contributed by atoms with Crippen molar-refractivity contribution in [2.75, 3.05) is 5.73 Å². The Hall–Kier alpha value is -2.23. The third-order valence-corrected chi connectivity index (χ3v) is 1.44. The van der Waals surface area contributed by atoms with Gasteiger partial charge >= 0.3 is 5.08 Å². The number of rotatable bonds is 0. The normalized spacial score (nSPS) is 9.92. The van der Waals surface area contributed by atoms with Crippen LogP contribution < -0.4 is 5.73 Å². The predicted molar refractivity (Wildman–Crippen MR) is 40.2 cm³/mol. The van der Waals surface area contributed by atoms with Crippen molar-refractivity contribution in [3.63, 3.8) is 0 Å². The molecule has 0 aliphatic carbocycles. The molecule has 0 bridgehead atoms. The topological polar surface area (TPSA) is 97.8 Å². The van der Waals surface area contributed by atoms with Gasteiger partial charge < -0.3 is 5.73 Å². The quantitative estimate of drug-likeness (QED) is 0.551. The molecule has 2 N–H and O–H groups in total. The fourth-order valence-electron chi connectivity index (χ4n) is 0.907. The molecule has 0 saturated heterocycles. The molecule has 0 spiro atoms. The molecule has 2 aromatic heterocycles. The van der Waals surface area contributed by atoms with Gasteiger partial charge in [-0.25, -0.2) is 15.0 Å². The van der Waals surface area contributed by atoms with Gasteiger partial charge in [0, 0.05) is 0 Å². The summed E-state index contributed by atoms with van der Waals surface area (Å²) >= 11 is 0. The van der Waals surface area contributed by atoms with E-state index in [1.54, 1.807) is 0 Å². The lowest BCUT2D eigenvalue weighted by Gasteiger charge is -1.87. The van der Waals surface area contributed by atoms with Crippen LogP contribution in [0.1, 0.15) is 0 Å². The highest BCUT2D eigenvalue weighted by Gasteiger charge is 2.12. The fraction of sp³-hybridized carbons (Fsp3) is 0. The SMILES string of the molecule is N#[N+]n1cnc2c(N)ncnc21. The van der Waals surface area contributed by atoms with Gasteiger partial charge in [0.15, 0.2) is 17.7 Å². The first-order valence-corrected chi connectivity index (χ1v) is 3.12. The van der Waals surface area contributed by atoms with Gasteiger partial charge in [0.1, 0.15) is 6.33 Å². The molecule has 0 aliphatic heterocycles. The van der Waals surface area contributed by atoms with E-state index in [0.717, 1.165) is 4.68 Å². The van der Waals surface area contributed by atoms with Crippen LogP contribution in [0.25, 0.3) is 16.2 Å². The summed E-state index contributed by atoms with van der Waals surface area (Å²) in [6.07, 6.45) is 2.58. The molecule has 0 radical (unpaired) electrons. The molecule has 12 heavy (non-hydrogen) atoms. The number of diazo groups is 1. The molecule has 0 aromatic carbocycles. The molecule has 0 saturated carbocycles. The van der Waals surface area contributed by atoms with E-state index >= 15 is 0 Å². The minimum atomic E-state index is 0.266. The van der Waals surface area contributed by atoms with Gasteiger partial charge in [-0.1, -0.05) is 0 Å². The van der Waals surface area contributed by atoms with E-state index in [4.69, 9.17) is 11.1 Å². The standard InChI is InChI=1S/C5H4N7/c6-4-3-5(9-1-8-4)12(11-7)2-10-3/h1-2H,(H2,6,8,9)/q+1. The molecule has 7 nitrogen and oxygen atoms in total. The highest BCUT2D eigenvalue weighted by atomic mass is 15.4. The van der Waals surface area contributed by atoms with E-state index in [9.17, 15) is 0 Å². The van der Waals surface area contributed by atoms with Crippen LogP contribution in [-0.2, 0) is 0 Å². The highest BCUT2D eigenvalue weighted by Crippen LogP contribution is 2.13. The second kappa shape index (κ2) is 2.13.